The molecule has 0 bridgehead atoms. The number of azo groups is 1. The van der Waals surface area contributed by atoms with E-state index in [2.05, 4.69) is 29.3 Å². The van der Waals surface area contributed by atoms with Crippen LogP contribution in [0.15, 0.2) is 64.8 Å². The highest BCUT2D eigenvalue weighted by atomic mass is 32.2. The molecule has 4 nitrogen and oxygen atoms in total. The van der Waals surface area contributed by atoms with Crippen LogP contribution in [0.5, 0.6) is 0 Å². The molecule has 0 fully saturated rings. The second kappa shape index (κ2) is 11.4. The number of hydrogen-bond donors (Lipinski definition) is 0. The highest BCUT2D eigenvalue weighted by Crippen LogP contribution is 2.20. The number of benzene rings is 2. The summed E-state index contributed by atoms with van der Waals surface area (Å²) >= 11 is 1.76. The van der Waals surface area contributed by atoms with Crippen molar-refractivity contribution in [3.05, 3.63) is 60.2 Å². The summed E-state index contributed by atoms with van der Waals surface area (Å²) in [4.78, 5) is 11.4. The van der Waals surface area contributed by atoms with Crippen molar-refractivity contribution in [2.24, 2.45) is 10.2 Å². The first-order chi connectivity index (χ1) is 12.3. The van der Waals surface area contributed by atoms with Crippen LogP contribution < -0.4 is 0 Å². The van der Waals surface area contributed by atoms with Gasteiger partial charge in [0.25, 0.3) is 0 Å². The Balaban J connectivity index is 1.67. The first-order valence-electron chi connectivity index (χ1n) is 8.57. The second-order valence-corrected chi connectivity index (χ2v) is 6.68. The Morgan fingerprint density at radius 3 is 2.36 bits per heavy atom. The first-order valence-corrected chi connectivity index (χ1v) is 9.72. The van der Waals surface area contributed by atoms with Crippen LogP contribution in [-0.4, -0.2) is 18.3 Å². The summed E-state index contributed by atoms with van der Waals surface area (Å²) in [5.74, 6) is 1.62. The highest BCUT2D eigenvalue weighted by molar-refractivity contribution is 7.98. The maximum atomic E-state index is 11.4. The van der Waals surface area contributed by atoms with Crippen molar-refractivity contribution >= 4 is 29.1 Å². The van der Waals surface area contributed by atoms with E-state index in [0.29, 0.717) is 13.0 Å². The number of esters is 1. The fraction of sp³-hybridized carbons (Fsp3) is 0.350. The Bertz CT molecular complexity index is 657. The Morgan fingerprint density at radius 2 is 1.68 bits per heavy atom. The Kier molecular flexibility index (Phi) is 8.77. The normalized spacial score (nSPS) is 10.9. The van der Waals surface area contributed by atoms with E-state index in [4.69, 9.17) is 4.74 Å². The molecule has 132 valence electrons. The van der Waals surface area contributed by atoms with Gasteiger partial charge >= 0.3 is 5.97 Å². The van der Waals surface area contributed by atoms with Crippen LogP contribution >= 0.6 is 11.8 Å². The number of carbonyl (C=O) groups is 1. The highest BCUT2D eigenvalue weighted by Gasteiger charge is 2.01. The van der Waals surface area contributed by atoms with Crippen LogP contribution in [0.25, 0.3) is 0 Å². The fourth-order valence-electron chi connectivity index (χ4n) is 2.07. The van der Waals surface area contributed by atoms with Crippen molar-refractivity contribution in [2.45, 2.75) is 31.9 Å². The van der Waals surface area contributed by atoms with Gasteiger partial charge in [-0.2, -0.15) is 22.0 Å². The SMILES string of the molecule is CCCCC(=O)OCCSCc1ccc(N=Nc2ccccc2)cc1. The number of thioether (sulfide) groups is 1. The average Bonchev–Trinajstić information content (AvgIpc) is 2.66. The molecule has 2 aromatic rings. The molecule has 2 aromatic carbocycles. The lowest BCUT2D eigenvalue weighted by Gasteiger charge is -2.05. The third kappa shape index (κ3) is 7.98. The van der Waals surface area contributed by atoms with Crippen LogP contribution in [0.3, 0.4) is 0 Å². The number of ether oxygens (including phenoxy) is 1. The summed E-state index contributed by atoms with van der Waals surface area (Å²) in [5, 5.41) is 8.43. The molecule has 0 aliphatic heterocycles. The minimum absolute atomic E-state index is 0.0874. The third-order valence-corrected chi connectivity index (χ3v) is 4.46. The number of rotatable bonds is 10. The van der Waals surface area contributed by atoms with Crippen molar-refractivity contribution in [1.29, 1.82) is 0 Å². The van der Waals surface area contributed by atoms with Crippen molar-refractivity contribution < 1.29 is 9.53 Å². The molecular weight excluding hydrogens is 332 g/mol. The predicted octanol–water partition coefficient (Wildman–Crippen LogP) is 6.07. The van der Waals surface area contributed by atoms with E-state index in [0.717, 1.165) is 35.7 Å². The zero-order valence-corrected chi connectivity index (χ0v) is 15.4. The van der Waals surface area contributed by atoms with Crippen LogP contribution in [0.1, 0.15) is 31.7 Å². The molecule has 0 amide bonds. The summed E-state index contributed by atoms with van der Waals surface area (Å²) in [6.07, 6.45) is 2.45. The van der Waals surface area contributed by atoms with Gasteiger partial charge in [-0.1, -0.05) is 43.7 Å². The molecule has 2 rings (SSSR count). The zero-order chi connectivity index (χ0) is 17.7. The average molecular weight is 356 g/mol. The lowest BCUT2D eigenvalue weighted by Crippen LogP contribution is -2.07. The summed E-state index contributed by atoms with van der Waals surface area (Å²) in [5.41, 5.74) is 2.90. The fourth-order valence-corrected chi connectivity index (χ4v) is 2.84. The Labute approximate surface area is 153 Å². The van der Waals surface area contributed by atoms with Gasteiger partial charge in [0.05, 0.1) is 11.4 Å². The Hall–Kier alpha value is -2.14. The second-order valence-electron chi connectivity index (χ2n) is 5.58. The van der Waals surface area contributed by atoms with Gasteiger partial charge in [0.15, 0.2) is 0 Å². The molecule has 5 heteroatoms. The minimum atomic E-state index is -0.0874. The van der Waals surface area contributed by atoms with Gasteiger partial charge in [-0.15, -0.1) is 0 Å². The smallest absolute Gasteiger partial charge is 0.305 e. The summed E-state index contributed by atoms with van der Waals surface area (Å²) in [6.45, 7) is 2.55. The summed E-state index contributed by atoms with van der Waals surface area (Å²) < 4.78 is 5.19. The molecular formula is C20H24N2O2S. The molecule has 0 N–H and O–H groups in total. The van der Waals surface area contributed by atoms with E-state index in [1.807, 2.05) is 42.5 Å². The van der Waals surface area contributed by atoms with Gasteiger partial charge in [0.1, 0.15) is 6.61 Å². The minimum Gasteiger partial charge on any atom is -0.465 e. The monoisotopic (exact) mass is 356 g/mol. The largest absolute Gasteiger partial charge is 0.465 e. The van der Waals surface area contributed by atoms with Crippen molar-refractivity contribution in [3.63, 3.8) is 0 Å². The first kappa shape index (κ1) is 19.2. The summed E-state index contributed by atoms with van der Waals surface area (Å²) in [6, 6.07) is 17.7. The number of hydrogen-bond acceptors (Lipinski definition) is 5. The van der Waals surface area contributed by atoms with Gasteiger partial charge in [0, 0.05) is 17.9 Å². The zero-order valence-electron chi connectivity index (χ0n) is 14.6. The standard InChI is InChI=1S/C20H24N2O2S/c1-2-3-9-20(23)24-14-15-25-16-17-10-12-19(13-11-17)22-21-18-7-5-4-6-8-18/h4-8,10-13H,2-3,9,14-16H2,1H3. The molecule has 0 unspecified atom stereocenters. The molecule has 0 saturated heterocycles. The molecule has 0 saturated carbocycles. The quantitative estimate of drug-likeness (QED) is 0.295. The van der Waals surface area contributed by atoms with Crippen molar-refractivity contribution in [1.82, 2.24) is 0 Å². The molecule has 0 aliphatic rings. The van der Waals surface area contributed by atoms with E-state index >= 15 is 0 Å². The van der Waals surface area contributed by atoms with Crippen LogP contribution in [0.4, 0.5) is 11.4 Å². The maximum Gasteiger partial charge on any atom is 0.305 e. The van der Waals surface area contributed by atoms with E-state index in [1.165, 1.54) is 5.56 Å². The lowest BCUT2D eigenvalue weighted by molar-refractivity contribution is -0.143. The lowest BCUT2D eigenvalue weighted by atomic mass is 10.2. The molecule has 0 atom stereocenters. The number of unbranched alkanes of at least 4 members (excludes halogenated alkanes) is 1. The molecule has 25 heavy (non-hydrogen) atoms. The predicted molar refractivity (Wildman–Crippen MR) is 104 cm³/mol. The summed E-state index contributed by atoms with van der Waals surface area (Å²) in [7, 11) is 0. The topological polar surface area (TPSA) is 51.0 Å². The molecule has 0 heterocycles. The van der Waals surface area contributed by atoms with Gasteiger partial charge < -0.3 is 4.74 Å². The molecule has 0 aromatic heterocycles. The van der Waals surface area contributed by atoms with Gasteiger partial charge in [-0.3, -0.25) is 4.79 Å². The Morgan fingerprint density at radius 1 is 1.00 bits per heavy atom. The maximum absolute atomic E-state index is 11.4. The molecule has 0 spiro atoms. The van der Waals surface area contributed by atoms with Crippen molar-refractivity contribution in [2.75, 3.05) is 12.4 Å². The van der Waals surface area contributed by atoms with E-state index in [1.54, 1.807) is 11.8 Å². The van der Waals surface area contributed by atoms with Gasteiger partial charge in [0.2, 0.25) is 0 Å². The van der Waals surface area contributed by atoms with E-state index in [9.17, 15) is 4.79 Å². The third-order valence-electron chi connectivity index (χ3n) is 3.47. The van der Waals surface area contributed by atoms with Crippen LogP contribution in [0.2, 0.25) is 0 Å². The van der Waals surface area contributed by atoms with Crippen LogP contribution in [0, 0.1) is 0 Å². The molecule has 0 radical (unpaired) electrons. The van der Waals surface area contributed by atoms with Crippen LogP contribution in [-0.2, 0) is 15.3 Å². The van der Waals surface area contributed by atoms with Crippen molar-refractivity contribution in [3.8, 4) is 0 Å². The van der Waals surface area contributed by atoms with E-state index in [-0.39, 0.29) is 5.97 Å². The van der Waals surface area contributed by atoms with E-state index < -0.39 is 0 Å². The number of nitrogens with zero attached hydrogens (tertiary/aromatic N) is 2. The van der Waals surface area contributed by atoms with Gasteiger partial charge in [-0.25, -0.2) is 0 Å². The number of carbonyl (C=O) groups excluding carboxylic acids is 1. The molecule has 0 aliphatic carbocycles. The van der Waals surface area contributed by atoms with Gasteiger partial charge in [-0.05, 0) is 36.2 Å².